The highest BCUT2D eigenvalue weighted by molar-refractivity contribution is 5.57. The van der Waals surface area contributed by atoms with E-state index in [1.165, 1.54) is 10.8 Å². The molecular weight excluding hydrogens is 273 g/mol. The van der Waals surface area contributed by atoms with Crippen LogP contribution >= 0.6 is 0 Å². The normalized spacial score (nSPS) is 24.1. The third kappa shape index (κ3) is 2.16. The van der Waals surface area contributed by atoms with Crippen LogP contribution in [0.4, 0.5) is 19.0 Å². The van der Waals surface area contributed by atoms with Crippen molar-refractivity contribution in [2.24, 2.45) is 5.92 Å². The smallest absolute Gasteiger partial charge is 0.380 e. The van der Waals surface area contributed by atoms with Crippen LogP contribution in [0.1, 0.15) is 37.4 Å². The molecule has 20 heavy (non-hydrogen) atoms. The van der Waals surface area contributed by atoms with E-state index >= 15 is 0 Å². The van der Waals surface area contributed by atoms with Crippen molar-refractivity contribution in [1.29, 1.82) is 0 Å². The van der Waals surface area contributed by atoms with Crippen LogP contribution in [-0.2, 0) is 0 Å². The van der Waals surface area contributed by atoms with Gasteiger partial charge in [-0.15, -0.1) is 10.2 Å². The van der Waals surface area contributed by atoms with E-state index in [1.807, 2.05) is 0 Å². The number of alkyl halides is 3. The zero-order valence-corrected chi connectivity index (χ0v) is 10.5. The van der Waals surface area contributed by atoms with Gasteiger partial charge in [0.15, 0.2) is 11.6 Å². The fourth-order valence-electron chi connectivity index (χ4n) is 2.74. The summed E-state index contributed by atoms with van der Waals surface area (Å²) in [5.41, 5.74) is 5.93. The van der Waals surface area contributed by atoms with Crippen LogP contribution in [-0.4, -0.2) is 31.0 Å². The van der Waals surface area contributed by atoms with Crippen LogP contribution < -0.4 is 5.73 Å². The fourth-order valence-corrected chi connectivity index (χ4v) is 2.74. The minimum Gasteiger partial charge on any atom is -0.380 e. The third-order valence-corrected chi connectivity index (χ3v) is 3.76. The SMILES string of the molecule is Nc1ncnn2c([C@H]3CCC[C@@H](C(F)(F)F)C3)nnc12. The average molecular weight is 286 g/mol. The van der Waals surface area contributed by atoms with Crippen molar-refractivity contribution in [3.8, 4) is 0 Å². The van der Waals surface area contributed by atoms with Crippen molar-refractivity contribution in [1.82, 2.24) is 24.8 Å². The molecule has 2 atom stereocenters. The van der Waals surface area contributed by atoms with Crippen LogP contribution in [0, 0.1) is 5.92 Å². The first-order valence-electron chi connectivity index (χ1n) is 6.35. The Morgan fingerprint density at radius 1 is 1.25 bits per heavy atom. The lowest BCUT2D eigenvalue weighted by molar-refractivity contribution is -0.183. The van der Waals surface area contributed by atoms with E-state index in [0.29, 0.717) is 18.7 Å². The maximum Gasteiger partial charge on any atom is 0.391 e. The molecule has 2 aromatic rings. The first-order chi connectivity index (χ1) is 9.47. The number of nitrogens with two attached hydrogens (primary N) is 1. The van der Waals surface area contributed by atoms with Crippen LogP contribution in [0.3, 0.4) is 0 Å². The molecule has 2 N–H and O–H groups in total. The highest BCUT2D eigenvalue weighted by atomic mass is 19.4. The minimum absolute atomic E-state index is 0.0220. The maximum absolute atomic E-state index is 12.8. The van der Waals surface area contributed by atoms with Gasteiger partial charge in [-0.2, -0.15) is 22.8 Å². The third-order valence-electron chi connectivity index (χ3n) is 3.76. The van der Waals surface area contributed by atoms with E-state index < -0.39 is 12.1 Å². The Labute approximate surface area is 112 Å². The topological polar surface area (TPSA) is 82.0 Å². The molecule has 2 heterocycles. The molecule has 1 fully saturated rings. The number of fused-ring (bicyclic) bond motifs is 1. The Balaban J connectivity index is 1.93. The van der Waals surface area contributed by atoms with E-state index in [1.54, 1.807) is 0 Å². The number of anilines is 1. The monoisotopic (exact) mass is 286 g/mol. The van der Waals surface area contributed by atoms with Crippen LogP contribution in [0.2, 0.25) is 0 Å². The first kappa shape index (κ1) is 13.1. The molecule has 1 saturated carbocycles. The Kier molecular flexibility index (Phi) is 2.98. The molecule has 0 amide bonds. The largest absolute Gasteiger partial charge is 0.391 e. The quantitative estimate of drug-likeness (QED) is 0.866. The average Bonchev–Trinajstić information content (AvgIpc) is 2.83. The summed E-state index contributed by atoms with van der Waals surface area (Å²) in [6.07, 6.45) is -1.55. The first-order valence-corrected chi connectivity index (χ1v) is 6.35. The fraction of sp³-hybridized carbons (Fsp3) is 0.636. The summed E-state index contributed by atoms with van der Waals surface area (Å²) >= 11 is 0. The Hall–Kier alpha value is -1.93. The second-order valence-electron chi connectivity index (χ2n) is 5.04. The number of nitrogens with zero attached hydrogens (tertiary/aromatic N) is 5. The van der Waals surface area contributed by atoms with Gasteiger partial charge in [0.05, 0.1) is 5.92 Å². The van der Waals surface area contributed by atoms with E-state index in [4.69, 9.17) is 5.73 Å². The number of nitrogen functional groups attached to an aromatic ring is 1. The highest BCUT2D eigenvalue weighted by Crippen LogP contribution is 2.43. The van der Waals surface area contributed by atoms with Crippen molar-refractivity contribution in [3.05, 3.63) is 12.2 Å². The predicted molar refractivity (Wildman–Crippen MR) is 63.7 cm³/mol. The van der Waals surface area contributed by atoms with E-state index in [9.17, 15) is 13.2 Å². The molecule has 0 radical (unpaired) electrons. The van der Waals surface area contributed by atoms with Crippen LogP contribution in [0.5, 0.6) is 0 Å². The molecule has 0 saturated heterocycles. The zero-order valence-electron chi connectivity index (χ0n) is 10.5. The van der Waals surface area contributed by atoms with Crippen molar-refractivity contribution >= 4 is 11.5 Å². The lowest BCUT2D eigenvalue weighted by atomic mass is 9.80. The van der Waals surface area contributed by atoms with Gasteiger partial charge in [-0.3, -0.25) is 0 Å². The van der Waals surface area contributed by atoms with Crippen LogP contribution in [0.25, 0.3) is 5.65 Å². The summed E-state index contributed by atoms with van der Waals surface area (Å²) in [5.74, 6) is -0.988. The van der Waals surface area contributed by atoms with Gasteiger partial charge < -0.3 is 5.73 Å². The van der Waals surface area contributed by atoms with E-state index in [2.05, 4.69) is 20.3 Å². The summed E-state index contributed by atoms with van der Waals surface area (Å²) < 4.78 is 39.9. The molecule has 0 aromatic carbocycles. The molecule has 3 rings (SSSR count). The highest BCUT2D eigenvalue weighted by Gasteiger charge is 2.43. The van der Waals surface area contributed by atoms with Crippen molar-refractivity contribution < 1.29 is 13.2 Å². The number of aromatic nitrogens is 5. The van der Waals surface area contributed by atoms with Gasteiger partial charge in [-0.05, 0) is 19.3 Å². The standard InChI is InChI=1S/C11H13F3N6/c12-11(13,14)7-3-1-2-6(4-7)9-18-19-10-8(15)16-5-17-20(9)10/h5-7H,1-4H2,(H2,15,16,17)/t6-,7+/m0/s1. The second-order valence-corrected chi connectivity index (χ2v) is 5.04. The predicted octanol–water partition coefficient (Wildman–Crippen LogP) is 1.94. The Bertz CT molecular complexity index is 622. The molecule has 6 nitrogen and oxygen atoms in total. The lowest BCUT2D eigenvalue weighted by Crippen LogP contribution is -2.28. The van der Waals surface area contributed by atoms with Crippen molar-refractivity contribution in [2.75, 3.05) is 5.73 Å². The van der Waals surface area contributed by atoms with Gasteiger partial charge in [0.1, 0.15) is 6.33 Å². The summed E-state index contributed by atoms with van der Waals surface area (Å²) in [6, 6.07) is 0. The molecule has 108 valence electrons. The maximum atomic E-state index is 12.8. The number of hydrogen-bond donors (Lipinski definition) is 1. The van der Waals surface area contributed by atoms with Gasteiger partial charge >= 0.3 is 6.18 Å². The van der Waals surface area contributed by atoms with Gasteiger partial charge in [0.2, 0.25) is 5.65 Å². The van der Waals surface area contributed by atoms with Crippen molar-refractivity contribution in [2.45, 2.75) is 37.8 Å². The summed E-state index contributed by atoms with van der Waals surface area (Å²) in [4.78, 5) is 3.78. The molecule has 1 aliphatic rings. The van der Waals surface area contributed by atoms with Gasteiger partial charge in [-0.1, -0.05) is 6.42 Å². The van der Waals surface area contributed by atoms with E-state index in [0.717, 1.165) is 0 Å². The Morgan fingerprint density at radius 3 is 2.80 bits per heavy atom. The molecule has 9 heteroatoms. The second kappa shape index (κ2) is 4.57. The molecule has 0 spiro atoms. The van der Waals surface area contributed by atoms with Crippen LogP contribution in [0.15, 0.2) is 6.33 Å². The zero-order chi connectivity index (χ0) is 14.3. The molecular formula is C11H13F3N6. The number of halogens is 3. The molecule has 0 bridgehead atoms. The number of rotatable bonds is 1. The summed E-state index contributed by atoms with van der Waals surface area (Å²) in [6.45, 7) is 0. The molecule has 0 aliphatic heterocycles. The van der Waals surface area contributed by atoms with Gasteiger partial charge in [0, 0.05) is 5.92 Å². The molecule has 0 unspecified atom stereocenters. The number of hydrogen-bond acceptors (Lipinski definition) is 5. The molecule has 2 aromatic heterocycles. The lowest BCUT2D eigenvalue weighted by Gasteiger charge is -2.29. The minimum atomic E-state index is -4.16. The summed E-state index contributed by atoms with van der Waals surface area (Å²) in [7, 11) is 0. The van der Waals surface area contributed by atoms with Gasteiger partial charge in [-0.25, -0.2) is 4.98 Å². The van der Waals surface area contributed by atoms with Gasteiger partial charge in [0.25, 0.3) is 0 Å². The van der Waals surface area contributed by atoms with E-state index in [-0.39, 0.29) is 30.2 Å². The molecule has 1 aliphatic carbocycles. The summed E-state index contributed by atoms with van der Waals surface area (Å²) in [5, 5.41) is 11.8. The Morgan fingerprint density at radius 2 is 2.05 bits per heavy atom. The van der Waals surface area contributed by atoms with Crippen molar-refractivity contribution in [3.63, 3.8) is 0 Å².